The van der Waals surface area contributed by atoms with Gasteiger partial charge in [-0.3, -0.25) is 13.9 Å². The molecule has 2 amide bonds. The lowest BCUT2D eigenvalue weighted by molar-refractivity contribution is -0.139. The smallest absolute Gasteiger partial charge is 0.352 e. The van der Waals surface area contributed by atoms with E-state index in [1.807, 2.05) is 0 Å². The van der Waals surface area contributed by atoms with Crippen molar-refractivity contribution in [1.82, 2.24) is 10.2 Å². The summed E-state index contributed by atoms with van der Waals surface area (Å²) < 4.78 is 69.8. The third-order valence-electron chi connectivity index (χ3n) is 7.21. The Bertz CT molecular complexity index is 1500. The molecule has 224 valence electrons. The number of sulfonamides is 1. The number of amides is 2. The molecule has 3 aromatic rings. The van der Waals surface area contributed by atoms with Crippen molar-refractivity contribution >= 4 is 43.5 Å². The van der Waals surface area contributed by atoms with Gasteiger partial charge in [-0.15, -0.1) is 0 Å². The van der Waals surface area contributed by atoms with E-state index in [2.05, 4.69) is 21.2 Å². The first-order valence-electron chi connectivity index (χ1n) is 13.5. The second kappa shape index (κ2) is 13.3. The number of hydrogen-bond acceptors (Lipinski definition) is 4. The van der Waals surface area contributed by atoms with E-state index in [1.54, 1.807) is 37.3 Å². The van der Waals surface area contributed by atoms with Crippen LogP contribution in [0.2, 0.25) is 0 Å². The van der Waals surface area contributed by atoms with E-state index in [-0.39, 0.29) is 29.1 Å². The van der Waals surface area contributed by atoms with E-state index in [1.165, 1.54) is 35.2 Å². The van der Waals surface area contributed by atoms with Gasteiger partial charge in [0.1, 0.15) is 12.6 Å². The van der Waals surface area contributed by atoms with Crippen LogP contribution in [0.1, 0.15) is 43.7 Å². The fourth-order valence-electron chi connectivity index (χ4n) is 4.85. The molecule has 0 unspecified atom stereocenters. The Morgan fingerprint density at radius 2 is 1.62 bits per heavy atom. The van der Waals surface area contributed by atoms with Crippen molar-refractivity contribution in [3.8, 4) is 0 Å². The number of alkyl halides is 3. The van der Waals surface area contributed by atoms with Crippen LogP contribution < -0.4 is 9.62 Å². The third-order valence-corrected chi connectivity index (χ3v) is 9.52. The topological polar surface area (TPSA) is 86.8 Å². The van der Waals surface area contributed by atoms with Gasteiger partial charge in [-0.2, -0.15) is 13.2 Å². The molecule has 1 aliphatic rings. The van der Waals surface area contributed by atoms with Crippen LogP contribution in [-0.2, 0) is 32.3 Å². The summed E-state index contributed by atoms with van der Waals surface area (Å²) in [4.78, 5) is 28.3. The molecular weight excluding hydrogens is 635 g/mol. The van der Waals surface area contributed by atoms with Gasteiger partial charge in [0.25, 0.3) is 10.0 Å². The van der Waals surface area contributed by atoms with Gasteiger partial charge >= 0.3 is 6.18 Å². The Morgan fingerprint density at radius 3 is 2.24 bits per heavy atom. The van der Waals surface area contributed by atoms with Crippen LogP contribution in [0.15, 0.2) is 88.2 Å². The zero-order valence-electron chi connectivity index (χ0n) is 22.9. The summed E-state index contributed by atoms with van der Waals surface area (Å²) in [6.07, 6.45) is -1.09. The summed E-state index contributed by atoms with van der Waals surface area (Å²) in [6, 6.07) is 17.1. The van der Waals surface area contributed by atoms with Crippen molar-refractivity contribution in [2.45, 2.75) is 62.3 Å². The Balaban J connectivity index is 1.72. The quantitative estimate of drug-likeness (QED) is 0.282. The lowest BCUT2D eigenvalue weighted by Crippen LogP contribution is -2.52. The van der Waals surface area contributed by atoms with Crippen molar-refractivity contribution in [3.63, 3.8) is 0 Å². The van der Waals surface area contributed by atoms with Gasteiger partial charge < -0.3 is 10.2 Å². The molecule has 1 N–H and O–H groups in total. The Morgan fingerprint density at radius 1 is 0.976 bits per heavy atom. The number of nitrogens with one attached hydrogen (secondary N) is 1. The number of nitrogens with zero attached hydrogens (tertiary/aromatic N) is 2. The fourth-order valence-corrected chi connectivity index (χ4v) is 6.54. The summed E-state index contributed by atoms with van der Waals surface area (Å²) >= 11 is 3.37. The summed E-state index contributed by atoms with van der Waals surface area (Å²) in [5, 5.41) is 2.98. The number of hydrogen-bond donors (Lipinski definition) is 1. The number of carbonyl (C=O) groups is 2. The van der Waals surface area contributed by atoms with Gasteiger partial charge in [0, 0.05) is 17.1 Å². The van der Waals surface area contributed by atoms with Crippen molar-refractivity contribution < 1.29 is 31.2 Å². The summed E-state index contributed by atoms with van der Waals surface area (Å²) in [6.45, 7) is 0.713. The van der Waals surface area contributed by atoms with Crippen molar-refractivity contribution in [3.05, 3.63) is 94.5 Å². The first kappa shape index (κ1) is 31.6. The maximum atomic E-state index is 13.9. The highest BCUT2D eigenvalue weighted by molar-refractivity contribution is 9.10. The molecule has 4 rings (SSSR count). The minimum atomic E-state index is -4.73. The van der Waals surface area contributed by atoms with Crippen LogP contribution >= 0.6 is 15.9 Å². The van der Waals surface area contributed by atoms with E-state index >= 15 is 0 Å². The normalized spacial score (nSPS) is 14.8. The molecule has 0 aliphatic heterocycles. The molecule has 42 heavy (non-hydrogen) atoms. The molecule has 0 radical (unpaired) electrons. The maximum Gasteiger partial charge on any atom is 0.416 e. The molecule has 0 bridgehead atoms. The standard InChI is InChI=1S/C30H31BrF3N3O4S/c1-21(29(39)35-25-9-5-6-10-25)36(19-22-14-16-24(31)17-15-22)28(38)20-37(42(40,41)27-12-3-2-4-13-27)26-11-7-8-23(18-26)30(32,33)34/h2-4,7-8,11-18,21,25H,5-6,9-10,19-20H2,1H3,(H,35,39)/t21-/m0/s1. The maximum absolute atomic E-state index is 13.9. The zero-order valence-corrected chi connectivity index (χ0v) is 25.3. The number of anilines is 1. The Kier molecular flexibility index (Phi) is 9.98. The van der Waals surface area contributed by atoms with Gasteiger partial charge in [0.15, 0.2) is 0 Å². The summed E-state index contributed by atoms with van der Waals surface area (Å²) in [7, 11) is -4.48. The van der Waals surface area contributed by atoms with Gasteiger partial charge in [0.2, 0.25) is 11.8 Å². The third kappa shape index (κ3) is 7.71. The summed E-state index contributed by atoms with van der Waals surface area (Å²) in [5.74, 6) is -1.13. The highest BCUT2D eigenvalue weighted by Crippen LogP contribution is 2.33. The lowest BCUT2D eigenvalue weighted by Gasteiger charge is -2.32. The number of carbonyl (C=O) groups excluding carboxylic acids is 2. The molecule has 7 nitrogen and oxygen atoms in total. The predicted molar refractivity (Wildman–Crippen MR) is 157 cm³/mol. The number of halogens is 4. The molecule has 12 heteroatoms. The molecule has 3 aromatic carbocycles. The monoisotopic (exact) mass is 665 g/mol. The van der Waals surface area contributed by atoms with E-state index in [9.17, 15) is 31.2 Å². The molecule has 1 atom stereocenters. The Labute approximate surface area is 251 Å². The minimum Gasteiger partial charge on any atom is -0.352 e. The first-order valence-corrected chi connectivity index (χ1v) is 15.7. The van der Waals surface area contributed by atoms with Crippen molar-refractivity contribution in [1.29, 1.82) is 0 Å². The minimum absolute atomic E-state index is 0.00959. The Hall–Kier alpha value is -3.38. The largest absolute Gasteiger partial charge is 0.416 e. The first-order chi connectivity index (χ1) is 19.9. The lowest BCUT2D eigenvalue weighted by atomic mass is 10.1. The van der Waals surface area contributed by atoms with Crippen LogP contribution in [-0.4, -0.2) is 43.8 Å². The molecule has 0 saturated heterocycles. The van der Waals surface area contributed by atoms with Crippen LogP contribution in [0.25, 0.3) is 0 Å². The molecule has 0 heterocycles. The second-order valence-corrected chi connectivity index (χ2v) is 13.0. The molecule has 0 aromatic heterocycles. The summed E-state index contributed by atoms with van der Waals surface area (Å²) in [5.41, 5.74) is -0.700. The van der Waals surface area contributed by atoms with Crippen molar-refractivity contribution in [2.75, 3.05) is 10.8 Å². The van der Waals surface area contributed by atoms with Gasteiger partial charge in [-0.25, -0.2) is 8.42 Å². The van der Waals surface area contributed by atoms with Crippen LogP contribution in [0.5, 0.6) is 0 Å². The molecule has 1 fully saturated rings. The SMILES string of the molecule is C[C@@H](C(=O)NC1CCCC1)N(Cc1ccc(Br)cc1)C(=O)CN(c1cccc(C(F)(F)F)c1)S(=O)(=O)c1ccccc1. The van der Waals surface area contributed by atoms with E-state index < -0.39 is 40.3 Å². The molecule has 0 spiro atoms. The highest BCUT2D eigenvalue weighted by atomic mass is 79.9. The van der Waals surface area contributed by atoms with Crippen molar-refractivity contribution in [2.24, 2.45) is 0 Å². The van der Waals surface area contributed by atoms with E-state index in [0.717, 1.165) is 42.3 Å². The molecular formula is C30H31BrF3N3O4S. The van der Waals surface area contributed by atoms with Gasteiger partial charge in [-0.05, 0) is 67.8 Å². The van der Waals surface area contributed by atoms with Crippen LogP contribution in [0, 0.1) is 0 Å². The molecule has 1 saturated carbocycles. The molecule has 1 aliphatic carbocycles. The number of rotatable bonds is 10. The average molecular weight is 667 g/mol. The van der Waals surface area contributed by atoms with Crippen LogP contribution in [0.3, 0.4) is 0 Å². The zero-order chi connectivity index (χ0) is 30.5. The highest BCUT2D eigenvalue weighted by Gasteiger charge is 2.35. The van der Waals surface area contributed by atoms with Gasteiger partial charge in [-0.1, -0.05) is 65.2 Å². The van der Waals surface area contributed by atoms with Gasteiger partial charge in [0.05, 0.1) is 16.1 Å². The van der Waals surface area contributed by atoms with Crippen LogP contribution in [0.4, 0.5) is 18.9 Å². The second-order valence-electron chi connectivity index (χ2n) is 10.2. The fraction of sp³-hybridized carbons (Fsp3) is 0.333. The van der Waals surface area contributed by atoms with E-state index in [4.69, 9.17) is 0 Å². The predicted octanol–water partition coefficient (Wildman–Crippen LogP) is 6.14. The number of benzene rings is 3. The van der Waals surface area contributed by atoms with E-state index in [0.29, 0.717) is 15.9 Å². The average Bonchev–Trinajstić information content (AvgIpc) is 3.48.